The molecule has 0 aliphatic carbocycles. The fourth-order valence-corrected chi connectivity index (χ4v) is 5.50. The number of carbonyl (C=O) groups excluding carboxylic acids is 1. The van der Waals surface area contributed by atoms with Crippen molar-refractivity contribution in [3.8, 4) is 11.6 Å². The van der Waals surface area contributed by atoms with Gasteiger partial charge in [-0.15, -0.1) is 11.3 Å². The lowest BCUT2D eigenvalue weighted by Gasteiger charge is -2.36. The highest BCUT2D eigenvalue weighted by molar-refractivity contribution is 7.20. The fraction of sp³-hybridized carbons (Fsp3) is 0.320. The predicted molar refractivity (Wildman–Crippen MR) is 132 cm³/mol. The summed E-state index contributed by atoms with van der Waals surface area (Å²) in [6, 6.07) is 14.2. The monoisotopic (exact) mass is 461 g/mol. The summed E-state index contributed by atoms with van der Waals surface area (Å²) in [5.41, 5.74) is 3.07. The van der Waals surface area contributed by atoms with Crippen molar-refractivity contribution in [1.29, 1.82) is 0 Å². The molecule has 1 fully saturated rings. The average Bonchev–Trinajstić information content (AvgIpc) is 3.49. The summed E-state index contributed by atoms with van der Waals surface area (Å²) in [6.45, 7) is 9.40. The number of aryl methyl sites for hydroxylation is 2. The number of nitrogens with one attached hydrogen (secondary N) is 1. The zero-order chi connectivity index (χ0) is 22.8. The summed E-state index contributed by atoms with van der Waals surface area (Å²) < 4.78 is 5.44. The molecule has 0 spiro atoms. The normalized spacial score (nSPS) is 14.7. The van der Waals surface area contributed by atoms with E-state index in [1.165, 1.54) is 17.0 Å². The Bertz CT molecular complexity index is 1250. The quantitative estimate of drug-likeness (QED) is 0.466. The van der Waals surface area contributed by atoms with Gasteiger partial charge in [-0.2, -0.15) is 0 Å². The van der Waals surface area contributed by atoms with Crippen molar-refractivity contribution < 1.29 is 9.21 Å². The van der Waals surface area contributed by atoms with Crippen LogP contribution >= 0.6 is 11.3 Å². The number of thiophene rings is 1. The lowest BCUT2D eigenvalue weighted by Crippen LogP contribution is -2.48. The molecule has 1 amide bonds. The molecule has 1 aliphatic rings. The van der Waals surface area contributed by atoms with E-state index < -0.39 is 0 Å². The Balaban J connectivity index is 1.19. The van der Waals surface area contributed by atoms with E-state index in [1.807, 2.05) is 32.0 Å². The Labute approximate surface area is 197 Å². The number of furan rings is 1. The lowest BCUT2D eigenvalue weighted by atomic mass is 10.1. The van der Waals surface area contributed by atoms with Crippen molar-refractivity contribution in [3.63, 3.8) is 0 Å². The summed E-state index contributed by atoms with van der Waals surface area (Å²) in [5.74, 6) is 1.13. The average molecular weight is 462 g/mol. The fourth-order valence-electron chi connectivity index (χ4n) is 4.35. The van der Waals surface area contributed by atoms with Crippen LogP contribution in [0.5, 0.6) is 0 Å². The van der Waals surface area contributed by atoms with Crippen LogP contribution in [0.25, 0.3) is 21.8 Å². The first kappa shape index (κ1) is 21.6. The van der Waals surface area contributed by atoms with Gasteiger partial charge in [-0.1, -0.05) is 18.2 Å². The number of aromatic nitrogens is 2. The number of anilines is 1. The number of hydrogen-bond donors (Lipinski definition) is 1. The highest BCUT2D eigenvalue weighted by Gasteiger charge is 2.21. The highest BCUT2D eigenvalue weighted by Crippen LogP contribution is 2.32. The lowest BCUT2D eigenvalue weighted by molar-refractivity contribution is 0.0951. The number of fused-ring (bicyclic) bond motifs is 1. The van der Waals surface area contributed by atoms with E-state index >= 15 is 0 Å². The number of carbonyl (C=O) groups is 1. The van der Waals surface area contributed by atoms with Gasteiger partial charge < -0.3 is 14.6 Å². The summed E-state index contributed by atoms with van der Waals surface area (Å²) in [6.07, 6.45) is 1.61. The molecule has 0 radical (unpaired) electrons. The standard InChI is InChI=1S/C25H27N5O2S/c1-17-21-18(2)27-23(20-9-6-16-32-20)28-25(21)33-22(17)24(31)26-10-11-29-12-14-30(15-13-29)19-7-4-3-5-8-19/h3-9,16H,10-15H2,1-2H3,(H,26,31). The van der Waals surface area contributed by atoms with Crippen LogP contribution in [0.1, 0.15) is 20.9 Å². The van der Waals surface area contributed by atoms with Gasteiger partial charge in [-0.25, -0.2) is 9.97 Å². The second kappa shape index (κ2) is 9.33. The Morgan fingerprint density at radius 2 is 1.85 bits per heavy atom. The first-order valence-corrected chi connectivity index (χ1v) is 12.0. The van der Waals surface area contributed by atoms with Gasteiger partial charge in [-0.05, 0) is 43.7 Å². The van der Waals surface area contributed by atoms with E-state index in [0.29, 0.717) is 23.0 Å². The highest BCUT2D eigenvalue weighted by atomic mass is 32.1. The Morgan fingerprint density at radius 3 is 2.58 bits per heavy atom. The maximum atomic E-state index is 12.9. The Kier molecular flexibility index (Phi) is 6.11. The molecule has 4 heterocycles. The minimum absolute atomic E-state index is 0.0441. The Morgan fingerprint density at radius 1 is 1.06 bits per heavy atom. The molecule has 3 aromatic heterocycles. The van der Waals surface area contributed by atoms with E-state index in [-0.39, 0.29) is 5.91 Å². The number of piperazine rings is 1. The molecule has 7 nitrogen and oxygen atoms in total. The molecule has 0 bridgehead atoms. The Hall–Kier alpha value is -3.23. The third kappa shape index (κ3) is 4.49. The van der Waals surface area contributed by atoms with Gasteiger partial charge in [0.05, 0.1) is 16.8 Å². The third-order valence-electron chi connectivity index (χ3n) is 6.13. The van der Waals surface area contributed by atoms with Crippen LogP contribution in [0.15, 0.2) is 53.1 Å². The molecule has 1 saturated heterocycles. The van der Waals surface area contributed by atoms with Crippen LogP contribution in [0.3, 0.4) is 0 Å². The summed E-state index contributed by atoms with van der Waals surface area (Å²) in [7, 11) is 0. The summed E-state index contributed by atoms with van der Waals surface area (Å²) >= 11 is 1.42. The van der Waals surface area contributed by atoms with Gasteiger partial charge in [0.25, 0.3) is 5.91 Å². The number of hydrogen-bond acceptors (Lipinski definition) is 7. The van der Waals surface area contributed by atoms with Crippen molar-refractivity contribution in [2.75, 3.05) is 44.2 Å². The van der Waals surface area contributed by atoms with Crippen molar-refractivity contribution in [2.24, 2.45) is 0 Å². The first-order valence-electron chi connectivity index (χ1n) is 11.2. The van der Waals surface area contributed by atoms with E-state index in [0.717, 1.165) is 54.2 Å². The molecule has 4 aromatic rings. The van der Waals surface area contributed by atoms with Crippen LogP contribution in [0.2, 0.25) is 0 Å². The molecular weight excluding hydrogens is 434 g/mol. The minimum atomic E-state index is -0.0441. The molecule has 1 N–H and O–H groups in total. The van der Waals surface area contributed by atoms with Crippen molar-refractivity contribution >= 4 is 33.1 Å². The van der Waals surface area contributed by atoms with Gasteiger partial charge in [0, 0.05) is 50.3 Å². The number of para-hydroxylation sites is 1. The first-order chi connectivity index (χ1) is 16.1. The van der Waals surface area contributed by atoms with E-state index in [2.05, 4.69) is 49.4 Å². The van der Waals surface area contributed by atoms with E-state index in [4.69, 9.17) is 4.42 Å². The smallest absolute Gasteiger partial charge is 0.261 e. The second-order valence-corrected chi connectivity index (χ2v) is 9.27. The number of rotatable bonds is 6. The van der Waals surface area contributed by atoms with E-state index in [9.17, 15) is 4.79 Å². The van der Waals surface area contributed by atoms with Gasteiger partial charge in [0.15, 0.2) is 11.6 Å². The zero-order valence-electron chi connectivity index (χ0n) is 18.9. The van der Waals surface area contributed by atoms with Gasteiger partial charge >= 0.3 is 0 Å². The van der Waals surface area contributed by atoms with Gasteiger partial charge in [0.2, 0.25) is 0 Å². The molecule has 1 aromatic carbocycles. The molecule has 33 heavy (non-hydrogen) atoms. The molecule has 0 unspecified atom stereocenters. The van der Waals surface area contributed by atoms with Crippen molar-refractivity contribution in [3.05, 3.63) is 64.9 Å². The number of amides is 1. The topological polar surface area (TPSA) is 74.5 Å². The maximum Gasteiger partial charge on any atom is 0.261 e. The third-order valence-corrected chi connectivity index (χ3v) is 7.31. The summed E-state index contributed by atoms with van der Waals surface area (Å²) in [5, 5.41) is 4.06. The van der Waals surface area contributed by atoms with Gasteiger partial charge in [-0.3, -0.25) is 9.69 Å². The molecule has 1 aliphatic heterocycles. The van der Waals surface area contributed by atoms with Crippen molar-refractivity contribution in [2.45, 2.75) is 13.8 Å². The minimum Gasteiger partial charge on any atom is -0.461 e. The molecular formula is C25H27N5O2S. The van der Waals surface area contributed by atoms with Crippen LogP contribution < -0.4 is 10.2 Å². The molecule has 0 saturated carbocycles. The maximum absolute atomic E-state index is 12.9. The van der Waals surface area contributed by atoms with Crippen LogP contribution in [-0.4, -0.2) is 60.0 Å². The molecule has 170 valence electrons. The van der Waals surface area contributed by atoms with Crippen LogP contribution in [-0.2, 0) is 0 Å². The predicted octanol–water partition coefficient (Wildman–Crippen LogP) is 4.12. The number of nitrogens with zero attached hydrogens (tertiary/aromatic N) is 4. The zero-order valence-corrected chi connectivity index (χ0v) is 19.7. The second-order valence-electron chi connectivity index (χ2n) is 8.27. The van der Waals surface area contributed by atoms with Crippen LogP contribution in [0, 0.1) is 13.8 Å². The molecule has 5 rings (SSSR count). The molecule has 0 atom stereocenters. The van der Waals surface area contributed by atoms with Crippen molar-refractivity contribution in [1.82, 2.24) is 20.2 Å². The number of benzene rings is 1. The largest absolute Gasteiger partial charge is 0.461 e. The van der Waals surface area contributed by atoms with E-state index in [1.54, 1.807) is 6.26 Å². The van der Waals surface area contributed by atoms with Crippen LogP contribution in [0.4, 0.5) is 5.69 Å². The SMILES string of the molecule is Cc1nc(-c2ccco2)nc2sc(C(=O)NCCN3CCN(c4ccccc4)CC3)c(C)c12. The van der Waals surface area contributed by atoms with Gasteiger partial charge in [0.1, 0.15) is 4.83 Å². The molecule has 8 heteroatoms. The summed E-state index contributed by atoms with van der Waals surface area (Å²) in [4.78, 5) is 28.5.